The van der Waals surface area contributed by atoms with Gasteiger partial charge in [-0.1, -0.05) is 19.3 Å². The highest BCUT2D eigenvalue weighted by Crippen LogP contribution is 2.03. The Hall–Kier alpha value is -1.31. The quantitative estimate of drug-likeness (QED) is 0.296. The minimum atomic E-state index is -0.125. The van der Waals surface area contributed by atoms with Crippen LogP contribution in [0.25, 0.3) is 0 Å². The van der Waals surface area contributed by atoms with Crippen LogP contribution in [0.4, 0.5) is 0 Å². The zero-order valence-electron chi connectivity index (χ0n) is 13.8. The molecule has 134 valence electrons. The average molecular weight is 331 g/mol. The number of hydrogen-bond acceptors (Lipinski definition) is 6. The van der Waals surface area contributed by atoms with E-state index >= 15 is 0 Å². The minimum absolute atomic E-state index is 0.0321. The lowest BCUT2D eigenvalue weighted by Gasteiger charge is -2.07. The lowest BCUT2D eigenvalue weighted by molar-refractivity contribution is -0.126. The number of hydrogen-bond donors (Lipinski definition) is 1. The molecule has 7 nitrogen and oxygen atoms in total. The molecule has 0 radical (unpaired) electrons. The second kappa shape index (κ2) is 18.7. The normalized spacial score (nSPS) is 10.4. The van der Waals surface area contributed by atoms with Crippen molar-refractivity contribution in [2.45, 2.75) is 38.5 Å². The van der Waals surface area contributed by atoms with Crippen LogP contribution >= 0.6 is 0 Å². The van der Waals surface area contributed by atoms with Gasteiger partial charge in [0.15, 0.2) is 0 Å². The summed E-state index contributed by atoms with van der Waals surface area (Å²) in [5.74, 6) is -0.125. The van der Waals surface area contributed by atoms with Crippen molar-refractivity contribution < 1.29 is 28.6 Å². The van der Waals surface area contributed by atoms with E-state index in [1.807, 2.05) is 0 Å². The Bertz CT molecular complexity index is 298. The molecule has 0 saturated heterocycles. The van der Waals surface area contributed by atoms with Gasteiger partial charge in [0.05, 0.1) is 26.4 Å². The molecule has 0 rings (SSSR count). The van der Waals surface area contributed by atoms with Crippen LogP contribution in [0.3, 0.4) is 0 Å². The van der Waals surface area contributed by atoms with Crippen molar-refractivity contribution in [3.8, 4) is 0 Å². The third-order valence-corrected chi connectivity index (χ3v) is 2.98. The summed E-state index contributed by atoms with van der Waals surface area (Å²) in [5.41, 5.74) is 0. The van der Waals surface area contributed by atoms with Gasteiger partial charge < -0.3 is 29.1 Å². The van der Waals surface area contributed by atoms with Crippen LogP contribution in [0.1, 0.15) is 38.5 Å². The van der Waals surface area contributed by atoms with Crippen molar-refractivity contribution in [2.24, 2.45) is 0 Å². The van der Waals surface area contributed by atoms with Crippen molar-refractivity contribution in [3.63, 3.8) is 0 Å². The highest BCUT2D eigenvalue weighted by molar-refractivity contribution is 5.77. The van der Waals surface area contributed by atoms with E-state index < -0.39 is 0 Å². The van der Waals surface area contributed by atoms with Gasteiger partial charge in [0, 0.05) is 13.0 Å². The van der Waals surface area contributed by atoms with Gasteiger partial charge in [-0.3, -0.25) is 4.79 Å². The van der Waals surface area contributed by atoms with Gasteiger partial charge in [0.1, 0.15) is 25.8 Å². The lowest BCUT2D eigenvalue weighted by atomic mass is 10.1. The Morgan fingerprint density at radius 3 is 2.17 bits per heavy atom. The third-order valence-electron chi connectivity index (χ3n) is 2.98. The summed E-state index contributed by atoms with van der Waals surface area (Å²) in [6, 6.07) is 0. The van der Waals surface area contributed by atoms with Gasteiger partial charge in [-0.2, -0.15) is 0 Å². The van der Waals surface area contributed by atoms with Gasteiger partial charge >= 0.3 is 0 Å². The van der Waals surface area contributed by atoms with E-state index in [2.05, 4.69) is 5.32 Å². The molecule has 0 aromatic carbocycles. The molecule has 0 atom stereocenters. The summed E-state index contributed by atoms with van der Waals surface area (Å²) >= 11 is 0. The van der Waals surface area contributed by atoms with Crippen LogP contribution in [-0.2, 0) is 28.6 Å². The second-order valence-corrected chi connectivity index (χ2v) is 4.98. The highest BCUT2D eigenvalue weighted by Gasteiger charge is 2.00. The van der Waals surface area contributed by atoms with Gasteiger partial charge in [0.25, 0.3) is 0 Å². The monoisotopic (exact) mass is 331 g/mol. The highest BCUT2D eigenvalue weighted by atomic mass is 16.5. The number of aldehydes is 2. The fraction of sp³-hybridized carbons (Fsp3) is 0.812. The topological polar surface area (TPSA) is 90.9 Å². The molecule has 1 N–H and O–H groups in total. The largest absolute Gasteiger partial charge is 0.377 e. The standard InChI is InChI=1S/C16H29NO6/c18-8-6-4-2-1-3-5-7-17-16(20)15-23-14-13-22-12-11-21-10-9-19/h8-9H,1-7,10-15H2,(H,17,20). The van der Waals surface area contributed by atoms with Crippen molar-refractivity contribution in [2.75, 3.05) is 46.2 Å². The maximum Gasteiger partial charge on any atom is 0.245 e. The first-order valence-electron chi connectivity index (χ1n) is 8.18. The molecule has 0 aliphatic rings. The number of rotatable bonds is 18. The Labute approximate surface area is 138 Å². The van der Waals surface area contributed by atoms with Crippen LogP contribution in [0, 0.1) is 0 Å². The molecule has 23 heavy (non-hydrogen) atoms. The van der Waals surface area contributed by atoms with Crippen molar-refractivity contribution >= 4 is 18.5 Å². The molecule has 1 amide bonds. The van der Waals surface area contributed by atoms with Crippen LogP contribution in [0.5, 0.6) is 0 Å². The first-order chi connectivity index (χ1) is 11.3. The number of ether oxygens (including phenoxy) is 3. The number of carbonyl (C=O) groups excluding carboxylic acids is 3. The maximum atomic E-state index is 11.5. The number of unbranched alkanes of at least 4 members (excludes halogenated alkanes) is 5. The van der Waals surface area contributed by atoms with Gasteiger partial charge in [-0.15, -0.1) is 0 Å². The Balaban J connectivity index is 3.16. The SMILES string of the molecule is O=CCCCCCCCNC(=O)COCCOCCOCC=O. The van der Waals surface area contributed by atoms with Crippen LogP contribution in [0.2, 0.25) is 0 Å². The Morgan fingerprint density at radius 2 is 1.43 bits per heavy atom. The molecule has 0 aliphatic heterocycles. The molecule has 7 heteroatoms. The Morgan fingerprint density at radius 1 is 0.783 bits per heavy atom. The van der Waals surface area contributed by atoms with Crippen molar-refractivity contribution in [1.29, 1.82) is 0 Å². The number of amides is 1. The first kappa shape index (κ1) is 21.7. The zero-order chi connectivity index (χ0) is 17.0. The number of nitrogens with one attached hydrogen (secondary N) is 1. The fourth-order valence-corrected chi connectivity index (χ4v) is 1.80. The number of carbonyl (C=O) groups is 3. The van der Waals surface area contributed by atoms with Crippen LogP contribution in [0.15, 0.2) is 0 Å². The van der Waals surface area contributed by atoms with E-state index in [9.17, 15) is 14.4 Å². The van der Waals surface area contributed by atoms with E-state index in [0.29, 0.717) is 45.7 Å². The first-order valence-corrected chi connectivity index (χ1v) is 8.18. The van der Waals surface area contributed by atoms with Gasteiger partial charge in [-0.05, 0) is 12.8 Å². The molecular formula is C16H29NO6. The summed E-state index contributed by atoms with van der Waals surface area (Å²) in [5, 5.41) is 2.80. The molecule has 0 saturated carbocycles. The molecule has 0 aromatic heterocycles. The van der Waals surface area contributed by atoms with Crippen molar-refractivity contribution in [3.05, 3.63) is 0 Å². The van der Waals surface area contributed by atoms with Gasteiger partial charge in [-0.25, -0.2) is 0 Å². The third kappa shape index (κ3) is 18.6. The predicted molar refractivity (Wildman–Crippen MR) is 85.3 cm³/mol. The summed E-state index contributed by atoms with van der Waals surface area (Å²) in [6.45, 7) is 2.27. The molecule has 0 bridgehead atoms. The van der Waals surface area contributed by atoms with E-state index in [1.54, 1.807) is 0 Å². The molecule has 0 unspecified atom stereocenters. The van der Waals surface area contributed by atoms with Crippen molar-refractivity contribution in [1.82, 2.24) is 5.32 Å². The fourth-order valence-electron chi connectivity index (χ4n) is 1.80. The smallest absolute Gasteiger partial charge is 0.245 e. The summed E-state index contributed by atoms with van der Waals surface area (Å²) in [4.78, 5) is 31.6. The lowest BCUT2D eigenvalue weighted by Crippen LogP contribution is -2.29. The molecular weight excluding hydrogens is 302 g/mol. The maximum absolute atomic E-state index is 11.5. The summed E-state index contributed by atoms with van der Waals surface area (Å²) < 4.78 is 15.3. The Kier molecular flexibility index (Phi) is 17.7. The summed E-state index contributed by atoms with van der Waals surface area (Å²) in [6.07, 6.45) is 7.39. The van der Waals surface area contributed by atoms with E-state index in [4.69, 9.17) is 14.2 Å². The molecule has 0 aromatic rings. The summed E-state index contributed by atoms with van der Waals surface area (Å²) in [7, 11) is 0. The molecule has 0 heterocycles. The van der Waals surface area contributed by atoms with Gasteiger partial charge in [0.2, 0.25) is 5.91 Å². The second-order valence-electron chi connectivity index (χ2n) is 4.98. The van der Waals surface area contributed by atoms with E-state index in [-0.39, 0.29) is 19.1 Å². The van der Waals surface area contributed by atoms with Crippen LogP contribution < -0.4 is 5.32 Å². The molecule has 0 aliphatic carbocycles. The average Bonchev–Trinajstić information content (AvgIpc) is 2.56. The zero-order valence-corrected chi connectivity index (χ0v) is 13.8. The van der Waals surface area contributed by atoms with E-state index in [1.165, 1.54) is 0 Å². The minimum Gasteiger partial charge on any atom is -0.377 e. The molecule has 0 fully saturated rings. The molecule has 0 spiro atoms. The van der Waals surface area contributed by atoms with Crippen LogP contribution in [-0.4, -0.2) is 64.7 Å². The predicted octanol–water partition coefficient (Wildman–Crippen LogP) is 0.891. The van der Waals surface area contributed by atoms with E-state index in [0.717, 1.165) is 38.4 Å².